The maximum atomic E-state index is 6.85. The van der Waals surface area contributed by atoms with Gasteiger partial charge in [0.15, 0.2) is 0 Å². The van der Waals surface area contributed by atoms with Gasteiger partial charge in [0.1, 0.15) is 11.5 Å². The average molecular weight is 676 g/mol. The molecular formula is C51H33NO. The van der Waals surface area contributed by atoms with Crippen LogP contribution in [0.5, 0.6) is 11.5 Å². The molecule has 1 heterocycles. The number of anilines is 3. The quantitative estimate of drug-likeness (QED) is 0.184. The molecule has 0 N–H and O–H groups in total. The standard InChI is InChI=1S/C51H33NO/c1-2-16-38(17-3-1)52(40-31-25-34-13-4-5-15-37(34)33-40)39-29-26-36(27-30-39)41-20-12-23-46-49(41)43-19-8-9-21-44(43)51(46)45-22-10-11-24-48(45)53-50-42-18-7-6-14-35(42)28-32-47(50)51/h1-33H. The van der Waals surface area contributed by atoms with Crippen LogP contribution in [0.25, 0.3) is 43.8 Å². The molecule has 0 radical (unpaired) electrons. The third kappa shape index (κ3) is 4.33. The highest BCUT2D eigenvalue weighted by Gasteiger charge is 2.51. The molecule has 9 aromatic carbocycles. The molecule has 1 spiro atoms. The summed E-state index contributed by atoms with van der Waals surface area (Å²) >= 11 is 0. The van der Waals surface area contributed by atoms with Gasteiger partial charge in [-0.2, -0.15) is 0 Å². The molecule has 248 valence electrons. The predicted molar refractivity (Wildman–Crippen MR) is 219 cm³/mol. The first-order chi connectivity index (χ1) is 26.3. The smallest absolute Gasteiger partial charge is 0.140 e. The van der Waals surface area contributed by atoms with Crippen LogP contribution >= 0.6 is 0 Å². The van der Waals surface area contributed by atoms with Crippen molar-refractivity contribution in [3.63, 3.8) is 0 Å². The summed E-state index contributed by atoms with van der Waals surface area (Å²) in [7, 11) is 0. The van der Waals surface area contributed by atoms with Crippen LogP contribution in [0.1, 0.15) is 22.3 Å². The fourth-order valence-corrected chi connectivity index (χ4v) is 9.05. The molecule has 1 aliphatic heterocycles. The zero-order valence-electron chi connectivity index (χ0n) is 28.9. The minimum absolute atomic E-state index is 0.531. The lowest BCUT2D eigenvalue weighted by atomic mass is 9.65. The molecule has 1 atom stereocenters. The van der Waals surface area contributed by atoms with Crippen LogP contribution in [0.3, 0.4) is 0 Å². The Balaban J connectivity index is 1.11. The van der Waals surface area contributed by atoms with Crippen LogP contribution < -0.4 is 9.64 Å². The Bertz CT molecular complexity index is 2870. The van der Waals surface area contributed by atoms with Crippen LogP contribution in [0.15, 0.2) is 200 Å². The highest BCUT2D eigenvalue weighted by molar-refractivity contribution is 5.99. The number of benzene rings is 9. The van der Waals surface area contributed by atoms with Crippen molar-refractivity contribution in [3.05, 3.63) is 222 Å². The highest BCUT2D eigenvalue weighted by atomic mass is 16.5. The molecular weight excluding hydrogens is 643 g/mol. The van der Waals surface area contributed by atoms with Crippen molar-refractivity contribution < 1.29 is 4.74 Å². The summed E-state index contributed by atoms with van der Waals surface area (Å²) in [4.78, 5) is 2.34. The molecule has 2 nitrogen and oxygen atoms in total. The average Bonchev–Trinajstić information content (AvgIpc) is 3.52. The molecule has 9 aromatic rings. The van der Waals surface area contributed by atoms with Crippen molar-refractivity contribution in [3.8, 4) is 33.8 Å². The van der Waals surface area contributed by atoms with Crippen LogP contribution in [0.2, 0.25) is 0 Å². The van der Waals surface area contributed by atoms with E-state index in [4.69, 9.17) is 4.74 Å². The van der Waals surface area contributed by atoms with Crippen molar-refractivity contribution >= 4 is 38.6 Å². The third-order valence-electron chi connectivity index (χ3n) is 11.3. The van der Waals surface area contributed by atoms with Crippen LogP contribution in [-0.4, -0.2) is 0 Å². The lowest BCUT2D eigenvalue weighted by Gasteiger charge is -2.39. The summed E-state index contributed by atoms with van der Waals surface area (Å²) in [5.41, 5.74) is 12.7. The molecule has 53 heavy (non-hydrogen) atoms. The van der Waals surface area contributed by atoms with Gasteiger partial charge in [-0.3, -0.25) is 0 Å². The summed E-state index contributed by atoms with van der Waals surface area (Å²) < 4.78 is 6.85. The molecule has 1 aliphatic carbocycles. The first-order valence-electron chi connectivity index (χ1n) is 18.3. The Morgan fingerprint density at radius 3 is 1.87 bits per heavy atom. The van der Waals surface area contributed by atoms with Gasteiger partial charge in [-0.1, -0.05) is 158 Å². The zero-order chi connectivity index (χ0) is 34.9. The van der Waals surface area contributed by atoms with Gasteiger partial charge in [0.2, 0.25) is 0 Å². The molecule has 0 saturated carbocycles. The summed E-state index contributed by atoms with van der Waals surface area (Å²) in [6, 6.07) is 72.6. The normalized spacial score (nSPS) is 15.0. The lowest BCUT2D eigenvalue weighted by molar-refractivity contribution is 0.441. The number of hydrogen-bond donors (Lipinski definition) is 0. The number of nitrogens with zero attached hydrogens (tertiary/aromatic N) is 1. The molecule has 0 saturated heterocycles. The molecule has 2 heteroatoms. The number of para-hydroxylation sites is 2. The van der Waals surface area contributed by atoms with Gasteiger partial charge in [-0.05, 0) is 92.0 Å². The van der Waals surface area contributed by atoms with E-state index in [1.165, 1.54) is 60.7 Å². The number of hydrogen-bond acceptors (Lipinski definition) is 2. The van der Waals surface area contributed by atoms with Gasteiger partial charge < -0.3 is 9.64 Å². The van der Waals surface area contributed by atoms with E-state index in [1.807, 2.05) is 0 Å². The van der Waals surface area contributed by atoms with E-state index in [0.717, 1.165) is 33.9 Å². The van der Waals surface area contributed by atoms with E-state index in [2.05, 4.69) is 205 Å². The van der Waals surface area contributed by atoms with E-state index in [-0.39, 0.29) is 0 Å². The summed E-state index contributed by atoms with van der Waals surface area (Å²) in [5, 5.41) is 4.76. The Hall–Kier alpha value is -6.90. The van der Waals surface area contributed by atoms with Crippen molar-refractivity contribution in [1.82, 2.24) is 0 Å². The molecule has 1 unspecified atom stereocenters. The van der Waals surface area contributed by atoms with Crippen molar-refractivity contribution in [2.24, 2.45) is 0 Å². The molecule has 0 fully saturated rings. The molecule has 0 bridgehead atoms. The van der Waals surface area contributed by atoms with Crippen LogP contribution in [-0.2, 0) is 5.41 Å². The maximum Gasteiger partial charge on any atom is 0.140 e. The van der Waals surface area contributed by atoms with Gasteiger partial charge in [0.05, 0.1) is 5.41 Å². The Morgan fingerprint density at radius 2 is 1.00 bits per heavy atom. The second-order valence-electron chi connectivity index (χ2n) is 14.0. The van der Waals surface area contributed by atoms with Gasteiger partial charge in [0, 0.05) is 33.6 Å². The number of rotatable bonds is 4. The van der Waals surface area contributed by atoms with E-state index in [0.29, 0.717) is 0 Å². The second-order valence-corrected chi connectivity index (χ2v) is 14.0. The third-order valence-corrected chi connectivity index (χ3v) is 11.3. The van der Waals surface area contributed by atoms with Gasteiger partial charge in [0.25, 0.3) is 0 Å². The maximum absolute atomic E-state index is 6.85. The SMILES string of the molecule is c1ccc(N(c2ccc(-c3cccc4c3-c3ccccc3C43c4ccccc4Oc4c3ccc3ccccc43)cc2)c2ccc3ccccc3c2)cc1. The van der Waals surface area contributed by atoms with Crippen molar-refractivity contribution in [2.75, 3.05) is 4.90 Å². The first-order valence-corrected chi connectivity index (χ1v) is 18.3. The van der Waals surface area contributed by atoms with Crippen LogP contribution in [0, 0.1) is 0 Å². The van der Waals surface area contributed by atoms with Gasteiger partial charge in [-0.25, -0.2) is 0 Å². The van der Waals surface area contributed by atoms with E-state index >= 15 is 0 Å². The minimum atomic E-state index is -0.531. The summed E-state index contributed by atoms with van der Waals surface area (Å²) in [5.74, 6) is 1.84. The Labute approximate surface area is 308 Å². The Morgan fingerprint density at radius 1 is 0.377 bits per heavy atom. The van der Waals surface area contributed by atoms with Crippen LogP contribution in [0.4, 0.5) is 17.1 Å². The summed E-state index contributed by atoms with van der Waals surface area (Å²) in [6.07, 6.45) is 0. The topological polar surface area (TPSA) is 12.5 Å². The Kier molecular flexibility index (Phi) is 6.50. The van der Waals surface area contributed by atoms with Gasteiger partial charge in [-0.15, -0.1) is 0 Å². The van der Waals surface area contributed by atoms with Crippen molar-refractivity contribution in [2.45, 2.75) is 5.41 Å². The minimum Gasteiger partial charge on any atom is -0.456 e. The van der Waals surface area contributed by atoms with E-state index in [9.17, 15) is 0 Å². The fourth-order valence-electron chi connectivity index (χ4n) is 9.05. The van der Waals surface area contributed by atoms with E-state index in [1.54, 1.807) is 0 Å². The lowest BCUT2D eigenvalue weighted by Crippen LogP contribution is -2.32. The summed E-state index contributed by atoms with van der Waals surface area (Å²) in [6.45, 7) is 0. The fraction of sp³-hybridized carbons (Fsp3) is 0.0196. The molecule has 0 aromatic heterocycles. The number of fused-ring (bicyclic) bond motifs is 12. The van der Waals surface area contributed by atoms with Crippen molar-refractivity contribution in [1.29, 1.82) is 0 Å². The van der Waals surface area contributed by atoms with E-state index < -0.39 is 5.41 Å². The molecule has 2 aliphatic rings. The highest BCUT2D eigenvalue weighted by Crippen LogP contribution is 2.64. The number of ether oxygens (including phenoxy) is 1. The second kappa shape index (κ2) is 11.6. The molecule has 0 amide bonds. The first kappa shape index (κ1) is 29.8. The van der Waals surface area contributed by atoms with Gasteiger partial charge >= 0.3 is 0 Å². The monoisotopic (exact) mass is 675 g/mol. The molecule has 11 rings (SSSR count). The predicted octanol–water partition coefficient (Wildman–Crippen LogP) is 13.6. The zero-order valence-corrected chi connectivity index (χ0v) is 28.9. The largest absolute Gasteiger partial charge is 0.456 e.